The van der Waals surface area contributed by atoms with Crippen molar-refractivity contribution in [2.75, 3.05) is 7.11 Å². The summed E-state index contributed by atoms with van der Waals surface area (Å²) in [5, 5.41) is 9.62. The zero-order valence-corrected chi connectivity index (χ0v) is 10.6. The van der Waals surface area contributed by atoms with Crippen LogP contribution in [0, 0.1) is 0 Å². The van der Waals surface area contributed by atoms with Crippen molar-refractivity contribution in [2.24, 2.45) is 0 Å². The van der Waals surface area contributed by atoms with Crippen molar-refractivity contribution in [2.45, 2.75) is 31.6 Å². The number of halogens is 1. The summed E-state index contributed by atoms with van der Waals surface area (Å²) >= 11 is 6.22. The third-order valence-electron chi connectivity index (χ3n) is 3.19. The highest BCUT2D eigenvalue weighted by atomic mass is 35.5. The number of benzene rings is 1. The van der Waals surface area contributed by atoms with Gasteiger partial charge in [-0.2, -0.15) is 0 Å². The van der Waals surface area contributed by atoms with Gasteiger partial charge in [0.25, 0.3) is 0 Å². The van der Waals surface area contributed by atoms with Crippen LogP contribution in [0.5, 0.6) is 5.75 Å². The van der Waals surface area contributed by atoms with E-state index in [1.807, 2.05) is 0 Å². The molecular weight excluding hydrogens is 240 g/mol. The van der Waals surface area contributed by atoms with Crippen molar-refractivity contribution in [3.8, 4) is 5.75 Å². The van der Waals surface area contributed by atoms with E-state index in [0.717, 1.165) is 18.4 Å². The topological polar surface area (TPSA) is 46.5 Å². The molecule has 0 spiro atoms. The molecule has 1 aromatic rings. The first-order valence-corrected chi connectivity index (χ1v) is 6.02. The van der Waals surface area contributed by atoms with Gasteiger partial charge >= 0.3 is 5.97 Å². The lowest BCUT2D eigenvalue weighted by Crippen LogP contribution is -2.08. The van der Waals surface area contributed by atoms with E-state index in [1.165, 1.54) is 0 Å². The molecule has 92 valence electrons. The standard InChI is InChI=1S/C13H15ClO3/c1-7(13(15)16)9-5-10(14)12(8-3-4-8)11(6-9)17-2/h5-8H,3-4H2,1-2H3,(H,15,16). The van der Waals surface area contributed by atoms with Crippen LogP contribution in [0.15, 0.2) is 12.1 Å². The highest BCUT2D eigenvalue weighted by Crippen LogP contribution is 2.48. The zero-order valence-electron chi connectivity index (χ0n) is 9.87. The van der Waals surface area contributed by atoms with E-state index in [9.17, 15) is 4.79 Å². The molecule has 0 aromatic heterocycles. The first kappa shape index (κ1) is 12.2. The van der Waals surface area contributed by atoms with Crippen LogP contribution in [0.2, 0.25) is 5.02 Å². The predicted molar refractivity (Wildman–Crippen MR) is 66.0 cm³/mol. The van der Waals surface area contributed by atoms with Gasteiger partial charge in [-0.15, -0.1) is 0 Å². The largest absolute Gasteiger partial charge is 0.496 e. The van der Waals surface area contributed by atoms with Crippen LogP contribution in [0.1, 0.15) is 42.7 Å². The molecule has 0 amide bonds. The van der Waals surface area contributed by atoms with E-state index in [-0.39, 0.29) is 0 Å². The van der Waals surface area contributed by atoms with Crippen LogP contribution < -0.4 is 4.74 Å². The molecule has 17 heavy (non-hydrogen) atoms. The maximum absolute atomic E-state index is 11.0. The molecule has 1 unspecified atom stereocenters. The maximum atomic E-state index is 11.0. The van der Waals surface area contributed by atoms with E-state index in [2.05, 4.69) is 0 Å². The van der Waals surface area contributed by atoms with Crippen LogP contribution >= 0.6 is 11.6 Å². The highest BCUT2D eigenvalue weighted by Gasteiger charge is 2.30. The van der Waals surface area contributed by atoms with Crippen molar-refractivity contribution in [3.63, 3.8) is 0 Å². The van der Waals surface area contributed by atoms with Crippen molar-refractivity contribution in [1.29, 1.82) is 0 Å². The number of methoxy groups -OCH3 is 1. The molecule has 0 radical (unpaired) electrons. The first-order valence-electron chi connectivity index (χ1n) is 5.64. The monoisotopic (exact) mass is 254 g/mol. The van der Waals surface area contributed by atoms with E-state index in [0.29, 0.717) is 22.3 Å². The SMILES string of the molecule is COc1cc(C(C)C(=O)O)cc(Cl)c1C1CC1. The van der Waals surface area contributed by atoms with Crippen LogP contribution in [0.4, 0.5) is 0 Å². The van der Waals surface area contributed by atoms with Gasteiger partial charge < -0.3 is 9.84 Å². The van der Waals surface area contributed by atoms with Gasteiger partial charge in [0, 0.05) is 10.6 Å². The second-order valence-electron chi connectivity index (χ2n) is 4.45. The molecule has 0 bridgehead atoms. The number of carboxylic acids is 1. The van der Waals surface area contributed by atoms with E-state index >= 15 is 0 Å². The molecule has 1 atom stereocenters. The van der Waals surface area contributed by atoms with E-state index in [1.54, 1.807) is 26.2 Å². The second-order valence-corrected chi connectivity index (χ2v) is 4.86. The zero-order chi connectivity index (χ0) is 12.6. The minimum atomic E-state index is -0.859. The first-order chi connectivity index (χ1) is 8.04. The fraction of sp³-hybridized carbons (Fsp3) is 0.462. The summed E-state index contributed by atoms with van der Waals surface area (Å²) in [7, 11) is 1.59. The Bertz CT molecular complexity index is 452. The van der Waals surface area contributed by atoms with Gasteiger partial charge in [0.15, 0.2) is 0 Å². The van der Waals surface area contributed by atoms with Crippen molar-refractivity contribution in [1.82, 2.24) is 0 Å². The number of carbonyl (C=O) groups is 1. The summed E-state index contributed by atoms with van der Waals surface area (Å²) in [6.07, 6.45) is 2.26. The number of carboxylic acid groups (broad SMARTS) is 1. The summed E-state index contributed by atoms with van der Waals surface area (Å²) in [6.45, 7) is 1.64. The number of rotatable bonds is 4. The highest BCUT2D eigenvalue weighted by molar-refractivity contribution is 6.31. The smallest absolute Gasteiger partial charge is 0.310 e. The van der Waals surface area contributed by atoms with Crippen molar-refractivity contribution in [3.05, 3.63) is 28.3 Å². The third kappa shape index (κ3) is 2.39. The third-order valence-corrected chi connectivity index (χ3v) is 3.50. The summed E-state index contributed by atoms with van der Waals surface area (Å²) in [5.74, 6) is -0.244. The Balaban J connectivity index is 2.44. The summed E-state index contributed by atoms with van der Waals surface area (Å²) in [5.41, 5.74) is 1.71. The summed E-state index contributed by atoms with van der Waals surface area (Å²) in [6, 6.07) is 3.54. The molecule has 0 heterocycles. The molecule has 0 saturated heterocycles. The second kappa shape index (κ2) is 4.57. The van der Waals surface area contributed by atoms with Crippen LogP contribution in [-0.2, 0) is 4.79 Å². The lowest BCUT2D eigenvalue weighted by atomic mass is 9.98. The Morgan fingerprint density at radius 3 is 2.65 bits per heavy atom. The van der Waals surface area contributed by atoms with Crippen LogP contribution in [0.25, 0.3) is 0 Å². The lowest BCUT2D eigenvalue weighted by Gasteiger charge is -2.14. The summed E-state index contributed by atoms with van der Waals surface area (Å²) < 4.78 is 5.32. The van der Waals surface area contributed by atoms with E-state index < -0.39 is 11.9 Å². The fourth-order valence-electron chi connectivity index (χ4n) is 1.94. The Kier molecular flexibility index (Phi) is 3.29. The molecule has 1 N–H and O–H groups in total. The number of hydrogen-bond donors (Lipinski definition) is 1. The molecule has 0 aliphatic heterocycles. The minimum absolute atomic E-state index is 0.478. The number of hydrogen-bond acceptors (Lipinski definition) is 2. The molecule has 4 heteroatoms. The molecule has 1 aliphatic carbocycles. The Labute approximate surface area is 105 Å². The Hall–Kier alpha value is -1.22. The lowest BCUT2D eigenvalue weighted by molar-refractivity contribution is -0.138. The Morgan fingerprint density at radius 1 is 1.53 bits per heavy atom. The predicted octanol–water partition coefficient (Wildman–Crippen LogP) is 3.41. The van der Waals surface area contributed by atoms with Crippen molar-refractivity contribution < 1.29 is 14.6 Å². The molecule has 1 saturated carbocycles. The number of ether oxygens (including phenoxy) is 1. The van der Waals surface area contributed by atoms with Crippen LogP contribution in [0.3, 0.4) is 0 Å². The molecule has 1 aliphatic rings. The van der Waals surface area contributed by atoms with Gasteiger partial charge in [0.1, 0.15) is 5.75 Å². The van der Waals surface area contributed by atoms with Gasteiger partial charge in [-0.3, -0.25) is 4.79 Å². The van der Waals surface area contributed by atoms with Gasteiger partial charge in [-0.05, 0) is 43.4 Å². The average molecular weight is 255 g/mol. The quantitative estimate of drug-likeness (QED) is 0.896. The summed E-state index contributed by atoms with van der Waals surface area (Å²) in [4.78, 5) is 11.0. The fourth-order valence-corrected chi connectivity index (χ4v) is 2.32. The van der Waals surface area contributed by atoms with Gasteiger partial charge in [-0.25, -0.2) is 0 Å². The van der Waals surface area contributed by atoms with Gasteiger partial charge in [0.2, 0.25) is 0 Å². The van der Waals surface area contributed by atoms with Gasteiger partial charge in [0.05, 0.1) is 13.0 Å². The average Bonchev–Trinajstić information content (AvgIpc) is 3.10. The molecule has 1 fully saturated rings. The van der Waals surface area contributed by atoms with Gasteiger partial charge in [-0.1, -0.05) is 11.6 Å². The maximum Gasteiger partial charge on any atom is 0.310 e. The van der Waals surface area contributed by atoms with Crippen molar-refractivity contribution >= 4 is 17.6 Å². The molecule has 1 aromatic carbocycles. The number of aliphatic carboxylic acids is 1. The Morgan fingerprint density at radius 2 is 2.18 bits per heavy atom. The molecule has 2 rings (SSSR count). The normalized spacial score (nSPS) is 16.6. The molecular formula is C13H15ClO3. The minimum Gasteiger partial charge on any atom is -0.496 e. The van der Waals surface area contributed by atoms with E-state index in [4.69, 9.17) is 21.4 Å². The van der Waals surface area contributed by atoms with Crippen LogP contribution in [-0.4, -0.2) is 18.2 Å². The molecule has 3 nitrogen and oxygen atoms in total.